The van der Waals surface area contributed by atoms with Gasteiger partial charge in [0.25, 0.3) is 5.91 Å². The number of methoxy groups -OCH3 is 1. The molecule has 150 valence electrons. The lowest BCUT2D eigenvalue weighted by molar-refractivity contribution is -0.137. The van der Waals surface area contributed by atoms with Crippen LogP contribution < -0.4 is 4.90 Å². The van der Waals surface area contributed by atoms with Crippen molar-refractivity contribution in [1.29, 1.82) is 0 Å². The quantitative estimate of drug-likeness (QED) is 0.796. The number of nitrogens with zero attached hydrogens (tertiary/aromatic N) is 3. The van der Waals surface area contributed by atoms with Gasteiger partial charge in [-0.2, -0.15) is 13.2 Å². The summed E-state index contributed by atoms with van der Waals surface area (Å²) in [6.45, 7) is 2.66. The number of carbonyl (C=O) groups is 1. The van der Waals surface area contributed by atoms with Crippen LogP contribution in [0.3, 0.4) is 0 Å². The number of rotatable bonds is 4. The summed E-state index contributed by atoms with van der Waals surface area (Å²) >= 11 is 0. The van der Waals surface area contributed by atoms with E-state index in [1.807, 2.05) is 23.1 Å². The number of carbonyl (C=O) groups excluding carboxylic acids is 1. The zero-order chi connectivity index (χ0) is 20.1. The topological polar surface area (TPSA) is 45.7 Å². The Bertz CT molecular complexity index is 809. The highest BCUT2D eigenvalue weighted by molar-refractivity contribution is 5.94. The summed E-state index contributed by atoms with van der Waals surface area (Å²) in [7, 11) is 1.60. The van der Waals surface area contributed by atoms with Crippen LogP contribution in [0.15, 0.2) is 42.6 Å². The summed E-state index contributed by atoms with van der Waals surface area (Å²) in [5.74, 6) is 0.435. The van der Waals surface area contributed by atoms with Crippen molar-refractivity contribution in [3.8, 4) is 0 Å². The number of hydrogen-bond acceptors (Lipinski definition) is 4. The lowest BCUT2D eigenvalue weighted by Gasteiger charge is -2.23. The van der Waals surface area contributed by atoms with Crippen LogP contribution in [0.25, 0.3) is 0 Å². The van der Waals surface area contributed by atoms with Crippen LogP contribution in [0.2, 0.25) is 0 Å². The number of pyridine rings is 1. The Hall–Kier alpha value is -2.61. The number of anilines is 1. The molecule has 1 aromatic heterocycles. The van der Waals surface area contributed by atoms with Gasteiger partial charge in [0, 0.05) is 45.0 Å². The van der Waals surface area contributed by atoms with Crippen molar-refractivity contribution in [2.75, 3.05) is 38.2 Å². The second kappa shape index (κ2) is 8.60. The number of ether oxygens (including phenoxy) is 1. The minimum Gasteiger partial charge on any atom is -0.380 e. The van der Waals surface area contributed by atoms with Crippen molar-refractivity contribution in [3.63, 3.8) is 0 Å². The van der Waals surface area contributed by atoms with Gasteiger partial charge in [-0.3, -0.25) is 4.79 Å². The highest BCUT2D eigenvalue weighted by Gasteiger charge is 2.31. The highest BCUT2D eigenvalue weighted by atomic mass is 19.4. The number of amides is 1. The predicted molar refractivity (Wildman–Crippen MR) is 99.1 cm³/mol. The van der Waals surface area contributed by atoms with Gasteiger partial charge >= 0.3 is 6.18 Å². The lowest BCUT2D eigenvalue weighted by Crippen LogP contribution is -2.35. The fourth-order valence-corrected chi connectivity index (χ4v) is 3.23. The van der Waals surface area contributed by atoms with Crippen molar-refractivity contribution in [1.82, 2.24) is 9.88 Å². The monoisotopic (exact) mass is 393 g/mol. The Morgan fingerprint density at radius 2 is 1.96 bits per heavy atom. The maximum Gasteiger partial charge on any atom is 0.417 e. The van der Waals surface area contributed by atoms with E-state index in [2.05, 4.69) is 4.98 Å². The predicted octanol–water partition coefficient (Wildman–Crippen LogP) is 3.60. The van der Waals surface area contributed by atoms with Crippen molar-refractivity contribution in [3.05, 3.63) is 59.3 Å². The second-order valence-corrected chi connectivity index (χ2v) is 6.67. The first-order valence-electron chi connectivity index (χ1n) is 9.04. The molecule has 0 N–H and O–H groups in total. The molecule has 3 rings (SSSR count). The van der Waals surface area contributed by atoms with Gasteiger partial charge in [-0.05, 0) is 36.2 Å². The van der Waals surface area contributed by atoms with E-state index in [-0.39, 0.29) is 5.91 Å². The largest absolute Gasteiger partial charge is 0.417 e. The van der Waals surface area contributed by atoms with E-state index in [0.29, 0.717) is 50.6 Å². The fourth-order valence-electron chi connectivity index (χ4n) is 3.23. The molecule has 0 saturated carbocycles. The van der Waals surface area contributed by atoms with Crippen LogP contribution >= 0.6 is 0 Å². The van der Waals surface area contributed by atoms with Gasteiger partial charge in [0.1, 0.15) is 5.82 Å². The van der Waals surface area contributed by atoms with Crippen LogP contribution in [-0.2, 0) is 17.5 Å². The zero-order valence-electron chi connectivity index (χ0n) is 15.6. The number of hydrogen-bond donors (Lipinski definition) is 0. The summed E-state index contributed by atoms with van der Waals surface area (Å²) in [5.41, 5.74) is 0.772. The third-order valence-electron chi connectivity index (χ3n) is 4.67. The molecule has 1 aliphatic rings. The molecular formula is C20H22F3N3O2. The molecule has 1 amide bonds. The standard InChI is InChI=1S/C20H22F3N3O2/c1-28-14-15-4-2-5-16(12-15)19(27)26-9-3-8-25(10-11-26)18-7-6-17(13-24-18)20(21,22)23/h2,4-7,12-13H,3,8-11,14H2,1H3. The SMILES string of the molecule is COCc1cccc(C(=O)N2CCCN(c3ccc(C(F)(F)F)cn3)CC2)c1. The van der Waals surface area contributed by atoms with Crippen LogP contribution in [0.1, 0.15) is 27.9 Å². The maximum atomic E-state index is 12.8. The molecule has 5 nitrogen and oxygen atoms in total. The summed E-state index contributed by atoms with van der Waals surface area (Å²) in [6, 6.07) is 9.76. The third-order valence-corrected chi connectivity index (χ3v) is 4.67. The van der Waals surface area contributed by atoms with Crippen molar-refractivity contribution >= 4 is 11.7 Å². The molecule has 1 saturated heterocycles. The summed E-state index contributed by atoms with van der Waals surface area (Å²) < 4.78 is 43.2. The average Bonchev–Trinajstić information content (AvgIpc) is 2.93. The highest BCUT2D eigenvalue weighted by Crippen LogP contribution is 2.29. The molecule has 0 radical (unpaired) electrons. The Balaban J connectivity index is 1.66. The Morgan fingerprint density at radius 1 is 1.14 bits per heavy atom. The summed E-state index contributed by atoms with van der Waals surface area (Å²) in [6.07, 6.45) is -2.83. The summed E-state index contributed by atoms with van der Waals surface area (Å²) in [4.78, 5) is 20.5. The van der Waals surface area contributed by atoms with Crippen LogP contribution in [0.5, 0.6) is 0 Å². The van der Waals surface area contributed by atoms with Gasteiger partial charge in [-0.25, -0.2) is 4.98 Å². The molecule has 0 aliphatic carbocycles. The fraction of sp³-hybridized carbons (Fsp3) is 0.400. The smallest absolute Gasteiger partial charge is 0.380 e. The molecule has 1 fully saturated rings. The van der Waals surface area contributed by atoms with Gasteiger partial charge in [-0.1, -0.05) is 12.1 Å². The van der Waals surface area contributed by atoms with E-state index >= 15 is 0 Å². The zero-order valence-corrected chi connectivity index (χ0v) is 15.6. The first-order valence-corrected chi connectivity index (χ1v) is 9.04. The van der Waals surface area contributed by atoms with Gasteiger partial charge < -0.3 is 14.5 Å². The Morgan fingerprint density at radius 3 is 2.64 bits per heavy atom. The lowest BCUT2D eigenvalue weighted by atomic mass is 10.1. The van der Waals surface area contributed by atoms with Gasteiger partial charge in [0.05, 0.1) is 12.2 Å². The first kappa shape index (κ1) is 20.1. The van der Waals surface area contributed by atoms with E-state index in [4.69, 9.17) is 4.74 Å². The van der Waals surface area contributed by atoms with E-state index in [9.17, 15) is 18.0 Å². The van der Waals surface area contributed by atoms with E-state index < -0.39 is 11.7 Å². The number of benzene rings is 1. The van der Waals surface area contributed by atoms with Gasteiger partial charge in [0.2, 0.25) is 0 Å². The molecular weight excluding hydrogens is 371 g/mol. The minimum absolute atomic E-state index is 0.0554. The van der Waals surface area contributed by atoms with Crippen LogP contribution in [-0.4, -0.2) is 49.1 Å². The third kappa shape index (κ3) is 4.81. The van der Waals surface area contributed by atoms with E-state index in [1.165, 1.54) is 6.07 Å². The number of halogens is 3. The molecule has 2 heterocycles. The van der Waals surface area contributed by atoms with Crippen LogP contribution in [0, 0.1) is 0 Å². The van der Waals surface area contributed by atoms with Crippen LogP contribution in [0.4, 0.5) is 19.0 Å². The van der Waals surface area contributed by atoms with Crippen molar-refractivity contribution < 1.29 is 22.7 Å². The summed E-state index contributed by atoms with van der Waals surface area (Å²) in [5, 5.41) is 0. The normalized spacial score (nSPS) is 15.4. The van der Waals surface area contributed by atoms with Crippen molar-refractivity contribution in [2.45, 2.75) is 19.2 Å². The molecule has 8 heteroatoms. The molecule has 1 aliphatic heterocycles. The molecule has 1 aromatic carbocycles. The average molecular weight is 393 g/mol. The molecule has 0 bridgehead atoms. The minimum atomic E-state index is -4.40. The molecule has 0 spiro atoms. The molecule has 0 unspecified atom stereocenters. The van der Waals surface area contributed by atoms with E-state index in [1.54, 1.807) is 18.1 Å². The van der Waals surface area contributed by atoms with Gasteiger partial charge in [-0.15, -0.1) is 0 Å². The Kier molecular flexibility index (Phi) is 6.18. The molecule has 28 heavy (non-hydrogen) atoms. The molecule has 2 aromatic rings. The second-order valence-electron chi connectivity index (χ2n) is 6.67. The molecule has 0 atom stereocenters. The first-order chi connectivity index (χ1) is 13.4. The van der Waals surface area contributed by atoms with Crippen molar-refractivity contribution in [2.24, 2.45) is 0 Å². The maximum absolute atomic E-state index is 12.8. The van der Waals surface area contributed by atoms with E-state index in [0.717, 1.165) is 17.8 Å². The number of aromatic nitrogens is 1. The van der Waals surface area contributed by atoms with Gasteiger partial charge in [0.15, 0.2) is 0 Å². The Labute approximate surface area is 161 Å². The number of alkyl halides is 3.